The summed E-state index contributed by atoms with van der Waals surface area (Å²) in [6.45, 7) is 28.1. The van der Waals surface area contributed by atoms with Crippen LogP contribution in [0.25, 0.3) is 63.6 Å². The Bertz CT molecular complexity index is 5110. The first-order valence-corrected chi connectivity index (χ1v) is 39.4. The predicted octanol–water partition coefficient (Wildman–Crippen LogP) is 20.6. The van der Waals surface area contributed by atoms with Crippen molar-refractivity contribution in [1.82, 2.24) is 14.7 Å². The first-order chi connectivity index (χ1) is 51.2. The molecule has 12 nitrogen and oxygen atoms in total. The fourth-order valence-corrected chi connectivity index (χ4v) is 18.8. The van der Waals surface area contributed by atoms with Crippen molar-refractivity contribution < 1.29 is 48.3 Å². The molecule has 12 aromatic rings. The second-order valence-electron chi connectivity index (χ2n) is 28.8. The van der Waals surface area contributed by atoms with Gasteiger partial charge in [-0.1, -0.05) is 107 Å². The van der Waals surface area contributed by atoms with Crippen LogP contribution in [0.15, 0.2) is 182 Å². The molecule has 0 amide bonds. The highest BCUT2D eigenvalue weighted by molar-refractivity contribution is 7.22. The molecule has 3 unspecified atom stereocenters. The van der Waals surface area contributed by atoms with Crippen LogP contribution in [0, 0.1) is 51.3 Å². The lowest BCUT2D eigenvalue weighted by Crippen LogP contribution is -2.25. The zero-order valence-electron chi connectivity index (χ0n) is 61.6. The normalized spacial score (nSPS) is 16.1. The van der Waals surface area contributed by atoms with E-state index in [-0.39, 0.29) is 40.4 Å². The Morgan fingerprint density at radius 1 is 0.425 bits per heavy atom. The van der Waals surface area contributed by atoms with Gasteiger partial charge in [0, 0.05) is 103 Å². The third-order valence-corrected chi connectivity index (χ3v) is 24.2. The molecule has 106 heavy (non-hydrogen) atoms. The highest BCUT2D eigenvalue weighted by Crippen LogP contribution is 2.46. The van der Waals surface area contributed by atoms with Crippen LogP contribution >= 0.6 is 34.0 Å². The second kappa shape index (κ2) is 33.5. The van der Waals surface area contributed by atoms with Gasteiger partial charge in [0.15, 0.2) is 0 Å². The molecular weight excluding hydrogens is 1380 g/mol. The number of carbonyl (C=O) groups is 3. The zero-order chi connectivity index (χ0) is 74.3. The molecule has 3 aromatic heterocycles. The summed E-state index contributed by atoms with van der Waals surface area (Å²) in [6, 6.07) is 56.3. The van der Waals surface area contributed by atoms with Crippen molar-refractivity contribution >= 4 is 81.6 Å². The standard InChI is InChI=1S/C30H30FNO3S.2C30H31NO3S/c1-18-10-11-32(17-18)12-13-35-24-7-4-21(5-8-24)28-25-9-6-23(33)16-26(25)36-30(28)29(34)27-19(2)14-22(31)15-20(27)3;1-19-13-14-31(18-19)15-16-34-24-10-7-22(8-11-24)28-25-12-9-23(32)17-26(25)35-30(28)29(33)27-20(2)5-4-6-21(27)3;1-3-21-6-4-5-7-25(21)29(33)30-28(26-13-10-23(32)18-27(26)35-30)22-8-11-24(12-9-22)34-17-16-31-15-14-20(2)19-31/h4-9,14-16,18,33H,10-13,17H2,1-3H3;4-12,17,19,32H,13-16,18H2,1-3H3;4-13,18,20,32H,3,14-17,19H2,1-2H3. The number of hydrogen-bond donors (Lipinski definition) is 3. The van der Waals surface area contributed by atoms with Gasteiger partial charge < -0.3 is 29.5 Å². The fraction of sp³-hybridized carbons (Fsp3) is 0.300. The van der Waals surface area contributed by atoms with Gasteiger partial charge >= 0.3 is 0 Å². The molecule has 0 aliphatic carbocycles. The minimum absolute atomic E-state index is 0.0245. The van der Waals surface area contributed by atoms with Crippen LogP contribution in [-0.2, 0) is 6.42 Å². The average Bonchev–Trinajstić information content (AvgIpc) is 1.54. The Kier molecular flexibility index (Phi) is 23.6. The number of halogens is 1. The van der Waals surface area contributed by atoms with Crippen molar-refractivity contribution in [2.75, 3.05) is 78.7 Å². The maximum absolute atomic E-state index is 13.9. The molecule has 0 bridgehead atoms. The molecule has 16 heteroatoms. The average molecular weight is 1470 g/mol. The first-order valence-electron chi connectivity index (χ1n) is 36.9. The molecule has 3 saturated heterocycles. The molecule has 546 valence electrons. The van der Waals surface area contributed by atoms with Gasteiger partial charge in [-0.25, -0.2) is 4.39 Å². The van der Waals surface area contributed by atoms with E-state index >= 15 is 0 Å². The second-order valence-corrected chi connectivity index (χ2v) is 32.0. The lowest BCUT2D eigenvalue weighted by Gasteiger charge is -2.15. The summed E-state index contributed by atoms with van der Waals surface area (Å²) in [7, 11) is 0. The first kappa shape index (κ1) is 74.7. The third-order valence-electron chi connectivity index (χ3n) is 20.7. The molecule has 0 saturated carbocycles. The van der Waals surface area contributed by atoms with Crippen LogP contribution in [0.3, 0.4) is 0 Å². The Hall–Kier alpha value is -9.52. The molecular formula is C90H92FN3O9S3. The van der Waals surface area contributed by atoms with E-state index in [1.807, 2.05) is 147 Å². The molecule has 3 aliphatic heterocycles. The summed E-state index contributed by atoms with van der Waals surface area (Å²) in [5, 5.41) is 33.0. The fourth-order valence-electron chi connectivity index (χ4n) is 15.2. The molecule has 6 heterocycles. The molecule has 15 rings (SSSR count). The smallest absolute Gasteiger partial charge is 0.204 e. The number of phenols is 3. The number of phenolic OH excluding ortho intramolecular Hbond substituents is 3. The van der Waals surface area contributed by atoms with Crippen molar-refractivity contribution in [2.24, 2.45) is 17.8 Å². The van der Waals surface area contributed by atoms with Crippen molar-refractivity contribution in [3.8, 4) is 67.9 Å². The summed E-state index contributed by atoms with van der Waals surface area (Å²) in [5.41, 5.74) is 11.7. The van der Waals surface area contributed by atoms with Gasteiger partial charge in [-0.3, -0.25) is 29.1 Å². The van der Waals surface area contributed by atoms with E-state index in [0.29, 0.717) is 51.1 Å². The van der Waals surface area contributed by atoms with E-state index in [1.165, 1.54) is 65.4 Å². The number of ketones is 3. The summed E-state index contributed by atoms with van der Waals surface area (Å²) < 4.78 is 34.6. The van der Waals surface area contributed by atoms with Gasteiger partial charge in [-0.2, -0.15) is 0 Å². The number of carbonyl (C=O) groups excluding carboxylic acids is 3. The molecule has 3 aliphatic rings. The number of ether oxygens (including phenoxy) is 3. The van der Waals surface area contributed by atoms with E-state index < -0.39 is 0 Å². The monoisotopic (exact) mass is 1470 g/mol. The minimum atomic E-state index is -0.349. The van der Waals surface area contributed by atoms with Crippen LogP contribution in [0.5, 0.6) is 34.5 Å². The predicted molar refractivity (Wildman–Crippen MR) is 432 cm³/mol. The van der Waals surface area contributed by atoms with E-state index in [1.54, 1.807) is 50.2 Å². The topological polar surface area (TPSA) is 149 Å². The molecule has 0 spiro atoms. The molecule has 0 radical (unpaired) electrons. The lowest BCUT2D eigenvalue weighted by molar-refractivity contribution is 0.103. The Morgan fingerprint density at radius 2 is 0.764 bits per heavy atom. The zero-order valence-corrected chi connectivity index (χ0v) is 64.1. The van der Waals surface area contributed by atoms with Gasteiger partial charge in [-0.15, -0.1) is 34.0 Å². The van der Waals surface area contributed by atoms with Crippen molar-refractivity contribution in [2.45, 2.75) is 81.1 Å². The van der Waals surface area contributed by atoms with Crippen LogP contribution in [0.2, 0.25) is 0 Å². The highest BCUT2D eigenvalue weighted by Gasteiger charge is 2.29. The number of nitrogens with zero attached hydrogens (tertiary/aromatic N) is 3. The number of hydrogen-bond acceptors (Lipinski definition) is 15. The largest absolute Gasteiger partial charge is 0.508 e. The van der Waals surface area contributed by atoms with Crippen molar-refractivity contribution in [3.05, 3.63) is 247 Å². The number of rotatable bonds is 22. The number of likely N-dealkylation sites (tertiary alicyclic amines) is 3. The highest BCUT2D eigenvalue weighted by atomic mass is 32.1. The number of aryl methyl sites for hydroxylation is 5. The van der Waals surface area contributed by atoms with Gasteiger partial charge in [0.25, 0.3) is 0 Å². The van der Waals surface area contributed by atoms with Gasteiger partial charge in [-0.05, 0) is 238 Å². The van der Waals surface area contributed by atoms with E-state index in [0.717, 1.165) is 192 Å². The van der Waals surface area contributed by atoms with E-state index in [4.69, 9.17) is 14.2 Å². The summed E-state index contributed by atoms with van der Waals surface area (Å²) in [4.78, 5) is 50.7. The number of thiophene rings is 3. The Balaban J connectivity index is 0.000000141. The van der Waals surface area contributed by atoms with Crippen LogP contribution < -0.4 is 14.2 Å². The molecule has 9 aromatic carbocycles. The SMILES string of the molecule is CCc1ccccc1C(=O)c1sc2cc(O)ccc2c1-c1ccc(OCCN2CCC(C)C2)cc1.Cc1cc(F)cc(C)c1C(=O)c1sc2cc(O)ccc2c1-c1ccc(OCCN2CCC(C)C2)cc1.Cc1cccc(C)c1C(=O)c1sc2cc(O)ccc2c1-c1ccc(OCCN2CCC(C)C2)cc1. The maximum atomic E-state index is 13.9. The Labute approximate surface area is 632 Å². The third kappa shape index (κ3) is 17.1. The van der Waals surface area contributed by atoms with E-state index in [9.17, 15) is 34.1 Å². The van der Waals surface area contributed by atoms with Crippen LogP contribution in [0.1, 0.15) is 120 Å². The Morgan fingerprint density at radius 3 is 1.10 bits per heavy atom. The summed E-state index contributed by atoms with van der Waals surface area (Å²) in [5.74, 6) is 4.89. The van der Waals surface area contributed by atoms with Gasteiger partial charge in [0.05, 0.1) is 14.6 Å². The van der Waals surface area contributed by atoms with Crippen molar-refractivity contribution in [1.29, 1.82) is 0 Å². The van der Waals surface area contributed by atoms with Crippen LogP contribution in [-0.4, -0.2) is 126 Å². The van der Waals surface area contributed by atoms with E-state index in [2.05, 4.69) is 42.4 Å². The summed E-state index contributed by atoms with van der Waals surface area (Å²) >= 11 is 4.23. The summed E-state index contributed by atoms with van der Waals surface area (Å²) in [6.07, 6.45) is 4.58. The quantitative estimate of drug-likeness (QED) is 0.0555. The number of benzene rings is 9. The van der Waals surface area contributed by atoms with Gasteiger partial charge in [0.1, 0.15) is 60.1 Å². The molecule has 3 N–H and O–H groups in total. The lowest BCUT2D eigenvalue weighted by atomic mass is 9.94. The number of aromatic hydroxyl groups is 3. The number of fused-ring (bicyclic) bond motifs is 3. The molecule has 3 atom stereocenters. The minimum Gasteiger partial charge on any atom is -0.508 e. The molecule has 3 fully saturated rings. The van der Waals surface area contributed by atoms with Crippen molar-refractivity contribution in [3.63, 3.8) is 0 Å². The maximum Gasteiger partial charge on any atom is 0.204 e. The van der Waals surface area contributed by atoms with Crippen LogP contribution in [0.4, 0.5) is 4.39 Å². The van der Waals surface area contributed by atoms with Gasteiger partial charge in [0.2, 0.25) is 17.3 Å².